The van der Waals surface area contributed by atoms with Crippen LogP contribution in [0, 0.1) is 0 Å². The zero-order valence-electron chi connectivity index (χ0n) is 19.0. The molecule has 3 rings (SSSR count). The lowest BCUT2D eigenvalue weighted by Crippen LogP contribution is -2.34. The van der Waals surface area contributed by atoms with Crippen LogP contribution in [0.15, 0.2) is 48.5 Å². The molecule has 1 atom stereocenters. The summed E-state index contributed by atoms with van der Waals surface area (Å²) in [6.45, 7) is 3.31. The Balaban J connectivity index is 1.71. The maximum atomic E-state index is 12.8. The molecule has 0 spiro atoms. The van der Waals surface area contributed by atoms with Crippen LogP contribution in [0.1, 0.15) is 42.4 Å². The Bertz CT molecular complexity index is 1190. The number of carbonyl (C=O) groups excluding carboxylic acids is 1. The van der Waals surface area contributed by atoms with E-state index in [1.54, 1.807) is 49.6 Å². The third-order valence-electron chi connectivity index (χ3n) is 5.37. The summed E-state index contributed by atoms with van der Waals surface area (Å²) < 4.78 is 49.8. The highest BCUT2D eigenvalue weighted by Gasteiger charge is 2.30. The highest BCUT2D eigenvalue weighted by Crippen LogP contribution is 2.40. The standard InChI is InChI=1S/C25H22Cl2F3IO3S/c1-24(2,23(31)32)34-18-11-7-15(21(26)22(18)27)6-10-17(33-3)20-13-12-19(35-20)14-4-8-16(9-5-14)25(28,29)30/h4-5,7-9,11-13,17H,6,10H2,1-3H3/t17-/m1/s1. The normalized spacial score (nSPS) is 13.1. The van der Waals surface area contributed by atoms with Crippen LogP contribution in [0.3, 0.4) is 0 Å². The van der Waals surface area contributed by atoms with Crippen LogP contribution in [-0.4, -0.2) is 16.5 Å². The van der Waals surface area contributed by atoms with Crippen molar-refractivity contribution in [2.75, 3.05) is 7.11 Å². The topological polar surface area (TPSA) is 35.5 Å². The number of thiophene rings is 1. The summed E-state index contributed by atoms with van der Waals surface area (Å²) in [5.41, 5.74) is -0.198. The minimum absolute atomic E-state index is 0.166. The van der Waals surface area contributed by atoms with Crippen LogP contribution >= 0.6 is 57.1 Å². The van der Waals surface area contributed by atoms with Crippen LogP contribution < -0.4 is 4.74 Å². The van der Waals surface area contributed by atoms with Gasteiger partial charge in [0.2, 0.25) is 3.79 Å². The van der Waals surface area contributed by atoms with Gasteiger partial charge in [-0.2, -0.15) is 13.2 Å². The first kappa shape index (κ1) is 28.2. The van der Waals surface area contributed by atoms with Crippen molar-refractivity contribution >= 4 is 60.9 Å². The van der Waals surface area contributed by atoms with Crippen LogP contribution in [0.25, 0.3) is 10.4 Å². The molecule has 0 aliphatic carbocycles. The molecule has 35 heavy (non-hydrogen) atoms. The van der Waals surface area contributed by atoms with Gasteiger partial charge in [-0.25, -0.2) is 0 Å². The van der Waals surface area contributed by atoms with Crippen LogP contribution in [0.4, 0.5) is 13.2 Å². The number of carbonyl (C=O) groups is 1. The molecular formula is C25H22Cl2F3IO3S. The van der Waals surface area contributed by atoms with Gasteiger partial charge in [0, 0.05) is 39.5 Å². The highest BCUT2D eigenvalue weighted by atomic mass is 127. The smallest absolute Gasteiger partial charge is 0.416 e. The van der Waals surface area contributed by atoms with Gasteiger partial charge in [-0.05, 0) is 68.1 Å². The summed E-state index contributed by atoms with van der Waals surface area (Å²) in [6.07, 6.45) is -3.42. The van der Waals surface area contributed by atoms with Crippen molar-refractivity contribution in [3.05, 3.63) is 74.6 Å². The molecule has 1 heterocycles. The molecule has 0 fully saturated rings. The van der Waals surface area contributed by atoms with Gasteiger partial charge in [0.1, 0.15) is 10.8 Å². The average Bonchev–Trinajstić information content (AvgIpc) is 3.28. The van der Waals surface area contributed by atoms with Gasteiger partial charge in [-0.15, -0.1) is 11.3 Å². The van der Waals surface area contributed by atoms with Gasteiger partial charge in [-0.3, -0.25) is 4.79 Å². The lowest BCUT2D eigenvalue weighted by atomic mass is 10.0. The van der Waals surface area contributed by atoms with E-state index in [-0.39, 0.29) is 14.9 Å². The number of halogens is 6. The first-order chi connectivity index (χ1) is 16.3. The van der Waals surface area contributed by atoms with Crippen molar-refractivity contribution in [3.63, 3.8) is 0 Å². The van der Waals surface area contributed by atoms with Crippen molar-refractivity contribution < 1.29 is 27.4 Å². The highest BCUT2D eigenvalue weighted by molar-refractivity contribution is 14.1. The fourth-order valence-corrected chi connectivity index (χ4v) is 5.04. The van der Waals surface area contributed by atoms with Crippen molar-refractivity contribution in [3.8, 4) is 16.2 Å². The Morgan fingerprint density at radius 1 is 1.03 bits per heavy atom. The summed E-state index contributed by atoms with van der Waals surface area (Å²) in [6, 6.07) is 12.4. The minimum atomic E-state index is -4.36. The first-order valence-electron chi connectivity index (χ1n) is 10.5. The lowest BCUT2D eigenvalue weighted by molar-refractivity contribution is -0.137. The summed E-state index contributed by atoms with van der Waals surface area (Å²) >= 11 is 16.1. The second-order valence-corrected chi connectivity index (χ2v) is 11.1. The molecule has 0 aliphatic heterocycles. The molecule has 0 bridgehead atoms. The fraction of sp³-hybridized carbons (Fsp3) is 0.320. The molecule has 0 aliphatic rings. The van der Waals surface area contributed by atoms with Crippen LogP contribution in [0.5, 0.6) is 5.75 Å². The molecule has 0 N–H and O–H groups in total. The number of alkyl halides is 3. The summed E-state index contributed by atoms with van der Waals surface area (Å²) in [7, 11) is 1.61. The first-order valence-corrected chi connectivity index (χ1v) is 13.1. The van der Waals surface area contributed by atoms with E-state index in [0.29, 0.717) is 29.2 Å². The number of hydrogen-bond donors (Lipinski definition) is 0. The zero-order chi connectivity index (χ0) is 26.0. The average molecular weight is 657 g/mol. The third kappa shape index (κ3) is 6.91. The van der Waals surface area contributed by atoms with E-state index < -0.39 is 17.3 Å². The van der Waals surface area contributed by atoms with Crippen molar-refractivity contribution in [2.45, 2.75) is 44.6 Å². The van der Waals surface area contributed by atoms with Gasteiger partial charge < -0.3 is 9.47 Å². The number of methoxy groups -OCH3 is 1. The van der Waals surface area contributed by atoms with E-state index in [4.69, 9.17) is 32.7 Å². The van der Waals surface area contributed by atoms with Gasteiger partial charge >= 0.3 is 6.18 Å². The molecule has 2 aromatic carbocycles. The second-order valence-electron chi connectivity index (χ2n) is 8.28. The predicted octanol–water partition coefficient (Wildman–Crippen LogP) is 9.18. The Kier molecular flexibility index (Phi) is 9.18. The summed E-state index contributed by atoms with van der Waals surface area (Å²) in [4.78, 5) is 13.6. The van der Waals surface area contributed by atoms with Gasteiger partial charge in [-0.1, -0.05) is 41.4 Å². The van der Waals surface area contributed by atoms with Crippen LogP contribution in [-0.2, 0) is 22.1 Å². The SMILES string of the molecule is CO[C@H](CCc1ccc(OC(C)(C)C(=O)I)c(Cl)c1Cl)c1ccc(-c2ccc(C(F)(F)F)cc2)s1. The Morgan fingerprint density at radius 3 is 2.26 bits per heavy atom. The monoisotopic (exact) mass is 656 g/mol. The molecule has 0 radical (unpaired) electrons. The van der Waals surface area contributed by atoms with Crippen LogP contribution in [0.2, 0.25) is 10.0 Å². The van der Waals surface area contributed by atoms with E-state index in [2.05, 4.69) is 0 Å². The molecule has 3 aromatic rings. The Morgan fingerprint density at radius 2 is 1.69 bits per heavy atom. The molecule has 10 heteroatoms. The fourth-order valence-electron chi connectivity index (χ4n) is 3.33. The summed E-state index contributed by atoms with van der Waals surface area (Å²) in [5.74, 6) is 0.332. The molecular weight excluding hydrogens is 635 g/mol. The maximum absolute atomic E-state index is 12.8. The van der Waals surface area contributed by atoms with E-state index in [9.17, 15) is 18.0 Å². The van der Waals surface area contributed by atoms with Crippen molar-refractivity contribution in [2.24, 2.45) is 0 Å². The molecule has 0 unspecified atom stereocenters. The van der Waals surface area contributed by atoms with E-state index in [0.717, 1.165) is 27.5 Å². The van der Waals surface area contributed by atoms with Gasteiger partial charge in [0.25, 0.3) is 0 Å². The van der Waals surface area contributed by atoms with Gasteiger partial charge in [0.15, 0.2) is 5.60 Å². The number of aryl methyl sites for hydroxylation is 1. The minimum Gasteiger partial charge on any atom is -0.478 e. The second kappa shape index (κ2) is 11.4. The predicted molar refractivity (Wildman–Crippen MR) is 143 cm³/mol. The largest absolute Gasteiger partial charge is 0.478 e. The Labute approximate surface area is 229 Å². The summed E-state index contributed by atoms with van der Waals surface area (Å²) in [5, 5.41) is 0.594. The molecule has 0 saturated heterocycles. The number of ether oxygens (including phenoxy) is 2. The number of rotatable bonds is 9. The quantitative estimate of drug-likeness (QED) is 0.170. The molecule has 1 aromatic heterocycles. The maximum Gasteiger partial charge on any atom is 0.416 e. The molecule has 3 nitrogen and oxygen atoms in total. The van der Waals surface area contributed by atoms with Gasteiger partial charge in [0.05, 0.1) is 16.7 Å². The molecule has 188 valence electrons. The number of hydrogen-bond acceptors (Lipinski definition) is 4. The van der Waals surface area contributed by atoms with E-state index in [1.165, 1.54) is 23.5 Å². The molecule has 0 amide bonds. The van der Waals surface area contributed by atoms with Crippen molar-refractivity contribution in [1.82, 2.24) is 0 Å². The van der Waals surface area contributed by atoms with Crippen molar-refractivity contribution in [1.29, 1.82) is 0 Å². The number of benzene rings is 2. The molecule has 0 saturated carbocycles. The van der Waals surface area contributed by atoms with E-state index in [1.807, 2.05) is 18.2 Å². The third-order valence-corrected chi connectivity index (χ3v) is 8.80. The van der Waals surface area contributed by atoms with E-state index >= 15 is 0 Å². The zero-order valence-corrected chi connectivity index (χ0v) is 23.5. The Hall–Kier alpha value is -1.33. The lowest BCUT2D eigenvalue weighted by Gasteiger charge is -2.24.